The molecule has 0 aliphatic rings. The predicted molar refractivity (Wildman–Crippen MR) is 118 cm³/mol. The van der Waals surface area contributed by atoms with Gasteiger partial charge in [0.05, 0.1) is 17.0 Å². The van der Waals surface area contributed by atoms with Crippen molar-refractivity contribution in [3.63, 3.8) is 0 Å². The maximum Gasteiger partial charge on any atom is 0.249 e. The van der Waals surface area contributed by atoms with E-state index in [0.717, 1.165) is 22.0 Å². The molecule has 3 aromatic rings. The van der Waals surface area contributed by atoms with Gasteiger partial charge in [0, 0.05) is 21.7 Å². The van der Waals surface area contributed by atoms with Crippen molar-refractivity contribution in [3.05, 3.63) is 50.9 Å². The lowest BCUT2D eigenvalue weighted by molar-refractivity contribution is -0.124. The molecule has 2 amide bonds. The number of hydrogen-bond acceptors (Lipinski definition) is 8. The van der Waals surface area contributed by atoms with Crippen LogP contribution in [0.5, 0.6) is 0 Å². The van der Waals surface area contributed by atoms with Crippen LogP contribution in [0.2, 0.25) is 5.02 Å². The molecule has 0 bridgehead atoms. The van der Waals surface area contributed by atoms with Gasteiger partial charge in [0.15, 0.2) is 0 Å². The Morgan fingerprint density at radius 1 is 1.24 bits per heavy atom. The number of halogens is 1. The Kier molecular flexibility index (Phi) is 7.99. The monoisotopic (exact) mass is 467 g/mol. The fraction of sp³-hybridized carbons (Fsp3) is 0.278. The van der Waals surface area contributed by atoms with E-state index in [1.54, 1.807) is 17.6 Å². The minimum Gasteiger partial charge on any atom is -0.343 e. The number of carbonyl (C=O) groups is 2. The van der Waals surface area contributed by atoms with Gasteiger partial charge < -0.3 is 5.32 Å². The van der Waals surface area contributed by atoms with E-state index in [4.69, 9.17) is 11.6 Å². The van der Waals surface area contributed by atoms with Crippen LogP contribution in [0.25, 0.3) is 0 Å². The molecule has 2 aromatic heterocycles. The number of rotatable bonds is 9. The zero-order chi connectivity index (χ0) is 20.6. The first-order valence-electron chi connectivity index (χ1n) is 8.71. The number of hydrogen-bond donors (Lipinski definition) is 2. The van der Waals surface area contributed by atoms with E-state index in [9.17, 15) is 9.59 Å². The highest BCUT2D eigenvalue weighted by atomic mass is 35.5. The van der Waals surface area contributed by atoms with Crippen molar-refractivity contribution in [2.45, 2.75) is 30.7 Å². The molecule has 7 nitrogen and oxygen atoms in total. The maximum atomic E-state index is 12.8. The van der Waals surface area contributed by atoms with Crippen LogP contribution >= 0.6 is 46.0 Å². The summed E-state index contributed by atoms with van der Waals surface area (Å²) in [6.45, 7) is 1.97. The average molecular weight is 468 g/mol. The fourth-order valence-electron chi connectivity index (χ4n) is 2.31. The summed E-state index contributed by atoms with van der Waals surface area (Å²) in [6, 6.07) is 6.48. The SMILES string of the molecule is CCc1nnc(NC(=O)C(Cc2cscn2)NC(=O)CSc2ccc(Cl)cc2)s1. The van der Waals surface area contributed by atoms with Gasteiger partial charge in [-0.1, -0.05) is 29.9 Å². The molecular formula is C18H18ClN5O2S3. The number of amides is 2. The number of nitrogens with zero attached hydrogens (tertiary/aromatic N) is 3. The van der Waals surface area contributed by atoms with Crippen LogP contribution < -0.4 is 10.6 Å². The lowest BCUT2D eigenvalue weighted by Crippen LogP contribution is -2.46. The summed E-state index contributed by atoms with van der Waals surface area (Å²) in [4.78, 5) is 30.3. The molecule has 2 heterocycles. The Labute approximate surface area is 185 Å². The molecule has 0 aliphatic carbocycles. The number of benzene rings is 1. The molecule has 0 radical (unpaired) electrons. The van der Waals surface area contributed by atoms with E-state index >= 15 is 0 Å². The molecule has 2 N–H and O–H groups in total. The van der Waals surface area contributed by atoms with Gasteiger partial charge in [0.1, 0.15) is 11.0 Å². The van der Waals surface area contributed by atoms with Crippen LogP contribution in [0.4, 0.5) is 5.13 Å². The van der Waals surface area contributed by atoms with Gasteiger partial charge in [-0.05, 0) is 30.7 Å². The zero-order valence-electron chi connectivity index (χ0n) is 15.4. The number of aromatic nitrogens is 3. The first-order chi connectivity index (χ1) is 14.0. The second kappa shape index (κ2) is 10.7. The highest BCUT2D eigenvalue weighted by Crippen LogP contribution is 2.20. The third-order valence-electron chi connectivity index (χ3n) is 3.73. The van der Waals surface area contributed by atoms with Gasteiger partial charge in [-0.3, -0.25) is 14.9 Å². The van der Waals surface area contributed by atoms with E-state index in [2.05, 4.69) is 25.8 Å². The third kappa shape index (κ3) is 6.77. The number of anilines is 1. The summed E-state index contributed by atoms with van der Waals surface area (Å²) in [6.07, 6.45) is 1.04. The third-order valence-corrected chi connectivity index (χ3v) is 6.61. The van der Waals surface area contributed by atoms with E-state index in [1.807, 2.05) is 24.4 Å². The summed E-state index contributed by atoms with van der Waals surface area (Å²) in [5, 5.41) is 17.2. The highest BCUT2D eigenvalue weighted by Gasteiger charge is 2.23. The molecule has 0 fully saturated rings. The Morgan fingerprint density at radius 3 is 2.69 bits per heavy atom. The molecule has 29 heavy (non-hydrogen) atoms. The van der Waals surface area contributed by atoms with E-state index in [-0.39, 0.29) is 17.6 Å². The van der Waals surface area contributed by atoms with Crippen LogP contribution in [0.3, 0.4) is 0 Å². The number of carbonyl (C=O) groups excluding carboxylic acids is 2. The highest BCUT2D eigenvalue weighted by molar-refractivity contribution is 8.00. The first-order valence-corrected chi connectivity index (χ1v) is 11.8. The van der Waals surface area contributed by atoms with Crippen LogP contribution in [-0.4, -0.2) is 38.8 Å². The summed E-state index contributed by atoms with van der Waals surface area (Å²) < 4.78 is 0. The van der Waals surface area contributed by atoms with Crippen LogP contribution in [0.15, 0.2) is 40.1 Å². The number of thioether (sulfide) groups is 1. The van der Waals surface area contributed by atoms with Crippen molar-refractivity contribution in [1.82, 2.24) is 20.5 Å². The predicted octanol–water partition coefficient (Wildman–Crippen LogP) is 3.67. The molecule has 1 aromatic carbocycles. The lowest BCUT2D eigenvalue weighted by Gasteiger charge is -2.16. The fourth-order valence-corrected chi connectivity index (χ4v) is 4.40. The first kappa shape index (κ1) is 21.7. The van der Waals surface area contributed by atoms with Crippen molar-refractivity contribution in [3.8, 4) is 0 Å². The molecule has 11 heteroatoms. The summed E-state index contributed by atoms with van der Waals surface area (Å²) in [5.41, 5.74) is 2.44. The minimum absolute atomic E-state index is 0.182. The molecule has 152 valence electrons. The van der Waals surface area contributed by atoms with Gasteiger partial charge in [-0.15, -0.1) is 33.3 Å². The lowest BCUT2D eigenvalue weighted by atomic mass is 10.1. The Bertz CT molecular complexity index is 947. The Morgan fingerprint density at radius 2 is 2.03 bits per heavy atom. The van der Waals surface area contributed by atoms with Crippen molar-refractivity contribution in [2.24, 2.45) is 0 Å². The van der Waals surface area contributed by atoms with Crippen molar-refractivity contribution < 1.29 is 9.59 Å². The molecule has 0 saturated carbocycles. The molecule has 3 rings (SSSR count). The molecular weight excluding hydrogens is 450 g/mol. The molecule has 1 atom stereocenters. The number of nitrogens with one attached hydrogen (secondary N) is 2. The van der Waals surface area contributed by atoms with Crippen LogP contribution in [0.1, 0.15) is 17.6 Å². The van der Waals surface area contributed by atoms with E-state index in [1.165, 1.54) is 34.4 Å². The number of thiazole rings is 1. The minimum atomic E-state index is -0.760. The summed E-state index contributed by atoms with van der Waals surface area (Å²) >= 11 is 10.0. The molecule has 0 aliphatic heterocycles. The normalized spacial score (nSPS) is 11.8. The van der Waals surface area contributed by atoms with Gasteiger partial charge in [-0.2, -0.15) is 0 Å². The van der Waals surface area contributed by atoms with Crippen LogP contribution in [0, 0.1) is 0 Å². The molecule has 0 saturated heterocycles. The largest absolute Gasteiger partial charge is 0.343 e. The molecule has 0 spiro atoms. The second-order valence-corrected chi connectivity index (χ2v) is 9.16. The summed E-state index contributed by atoms with van der Waals surface area (Å²) in [5.74, 6) is -0.408. The van der Waals surface area contributed by atoms with Crippen molar-refractivity contribution in [1.29, 1.82) is 0 Å². The Hall–Kier alpha value is -2.01. The van der Waals surface area contributed by atoms with Crippen LogP contribution in [-0.2, 0) is 22.4 Å². The average Bonchev–Trinajstić information content (AvgIpc) is 3.39. The molecule has 1 unspecified atom stereocenters. The Balaban J connectivity index is 1.61. The van der Waals surface area contributed by atoms with Gasteiger partial charge in [0.2, 0.25) is 16.9 Å². The standard InChI is InChI=1S/C18H18ClN5O2S3/c1-2-16-23-24-18(29-16)22-17(26)14(7-12-8-27-10-20-12)21-15(25)9-28-13-5-3-11(19)4-6-13/h3-6,8,10,14H,2,7,9H2,1H3,(H,21,25)(H,22,24,26). The topological polar surface area (TPSA) is 96.9 Å². The smallest absolute Gasteiger partial charge is 0.249 e. The summed E-state index contributed by atoms with van der Waals surface area (Å²) in [7, 11) is 0. The zero-order valence-corrected chi connectivity index (χ0v) is 18.6. The van der Waals surface area contributed by atoms with Gasteiger partial charge in [0.25, 0.3) is 0 Å². The van der Waals surface area contributed by atoms with Crippen molar-refractivity contribution >= 4 is 63.0 Å². The van der Waals surface area contributed by atoms with Gasteiger partial charge in [-0.25, -0.2) is 4.98 Å². The number of aryl methyl sites for hydroxylation is 1. The van der Waals surface area contributed by atoms with Crippen molar-refractivity contribution in [2.75, 3.05) is 11.1 Å². The van der Waals surface area contributed by atoms with Gasteiger partial charge >= 0.3 is 0 Å². The second-order valence-electron chi connectivity index (χ2n) is 5.89. The van der Waals surface area contributed by atoms with E-state index < -0.39 is 6.04 Å². The quantitative estimate of drug-likeness (QED) is 0.466. The van der Waals surface area contributed by atoms with E-state index in [0.29, 0.717) is 16.6 Å². The maximum absolute atomic E-state index is 12.8.